The molecule has 1 fully saturated rings. The minimum absolute atomic E-state index is 0.00662. The van der Waals surface area contributed by atoms with Crippen molar-refractivity contribution in [1.29, 1.82) is 0 Å². The molecule has 14 nitrogen and oxygen atoms in total. The molecule has 0 saturated carbocycles. The summed E-state index contributed by atoms with van der Waals surface area (Å²) in [6.45, 7) is 14.4. The molecule has 7 rings (SSSR count). The van der Waals surface area contributed by atoms with E-state index >= 15 is 0 Å². The molecule has 2 amide bonds. The van der Waals surface area contributed by atoms with Gasteiger partial charge in [-0.25, -0.2) is 14.6 Å². The number of carbonyl (C=O) groups excluding carboxylic acids is 4. The number of methoxy groups -OCH3 is 2. The number of aromatic nitrogens is 2. The number of rotatable bonds is 15. The molecule has 1 aliphatic rings. The van der Waals surface area contributed by atoms with Gasteiger partial charge < -0.3 is 44.9 Å². The van der Waals surface area contributed by atoms with Crippen molar-refractivity contribution in [3.63, 3.8) is 0 Å². The smallest absolute Gasteiger partial charge is 0.407 e. The molecule has 1 saturated heterocycles. The van der Waals surface area contributed by atoms with Crippen LogP contribution in [0.3, 0.4) is 0 Å². The van der Waals surface area contributed by atoms with E-state index in [-0.39, 0.29) is 13.1 Å². The van der Waals surface area contributed by atoms with Gasteiger partial charge in [-0.15, -0.1) is 22.7 Å². The number of benzene rings is 3. The number of hydrogen-bond donors (Lipinski definition) is 4. The number of nitrogens with zero attached hydrogens (tertiary/aromatic N) is 4. The van der Waals surface area contributed by atoms with Gasteiger partial charge in [-0.1, -0.05) is 93.9 Å². The Morgan fingerprint density at radius 2 is 1.41 bits per heavy atom. The Kier molecular flexibility index (Phi) is 25.3. The Morgan fingerprint density at radius 1 is 0.864 bits per heavy atom. The van der Waals surface area contributed by atoms with Crippen molar-refractivity contribution in [2.24, 2.45) is 4.99 Å². The molecule has 0 bridgehead atoms. The van der Waals surface area contributed by atoms with Crippen LogP contribution in [0.2, 0.25) is 0 Å². The lowest BCUT2D eigenvalue weighted by atomic mass is 10.1. The summed E-state index contributed by atoms with van der Waals surface area (Å²) in [5.74, 6) is 1.10. The Morgan fingerprint density at radius 3 is 1.89 bits per heavy atom. The van der Waals surface area contributed by atoms with Crippen molar-refractivity contribution < 1.29 is 28.7 Å². The number of ether oxygens (including phenoxy) is 2. The first kappa shape index (κ1) is 54.1. The number of H-pyrrole nitrogens is 1. The average Bonchev–Trinajstić information content (AvgIpc) is 4.15. The van der Waals surface area contributed by atoms with Gasteiger partial charge in [0.05, 0.1) is 50.1 Å². The molecule has 3 aromatic heterocycles. The zero-order chi connectivity index (χ0) is 48.1. The van der Waals surface area contributed by atoms with E-state index in [2.05, 4.69) is 141 Å². The van der Waals surface area contributed by atoms with Gasteiger partial charge in [-0.05, 0) is 88.6 Å². The molecule has 0 radical (unpaired) electrons. The minimum atomic E-state index is -0.586. The van der Waals surface area contributed by atoms with Crippen molar-refractivity contribution >= 4 is 80.3 Å². The van der Waals surface area contributed by atoms with E-state index in [1.807, 2.05) is 65.3 Å². The number of nitrogens with one attached hydrogen (secondary N) is 4. The van der Waals surface area contributed by atoms with Crippen LogP contribution in [0.15, 0.2) is 102 Å². The third-order valence-electron chi connectivity index (χ3n) is 9.64. The van der Waals surface area contributed by atoms with Gasteiger partial charge >= 0.3 is 12.2 Å². The van der Waals surface area contributed by atoms with E-state index in [1.165, 1.54) is 70.2 Å². The number of amides is 2. The van der Waals surface area contributed by atoms with Gasteiger partial charge in [0.15, 0.2) is 0 Å². The fraction of sp³-hybridized carbons (Fsp3) is 0.360. The number of likely N-dealkylation sites (tertiary alicyclic amines) is 1. The van der Waals surface area contributed by atoms with Crippen LogP contribution in [0, 0.1) is 0 Å². The molecule has 0 aliphatic carbocycles. The zero-order valence-corrected chi connectivity index (χ0v) is 40.9. The summed E-state index contributed by atoms with van der Waals surface area (Å²) in [6.07, 6.45) is 6.79. The normalized spacial score (nSPS) is 13.0. The Hall–Kier alpha value is -6.20. The maximum absolute atomic E-state index is 10.1. The molecule has 0 spiro atoms. The van der Waals surface area contributed by atoms with Crippen molar-refractivity contribution in [2.45, 2.75) is 52.5 Å². The summed E-state index contributed by atoms with van der Waals surface area (Å²) in [6, 6.07) is 32.3. The van der Waals surface area contributed by atoms with E-state index < -0.39 is 12.2 Å². The van der Waals surface area contributed by atoms with Crippen LogP contribution >= 0.6 is 22.7 Å². The number of aliphatic imine (C=N–C) groups is 1. The largest absolute Gasteiger partial charge is 0.453 e. The topological polar surface area (TPSA) is 170 Å². The lowest BCUT2D eigenvalue weighted by Crippen LogP contribution is -2.27. The SMILES string of the molecule is C=N/C(=C\NCCN(C)CCC)c1ccc(-c2cc3sc(-c4ccc5nc(C6CCCN6C)[nH]c5c4)cc3s2)cc1.CCC.COC(=O)NCC=O.COC(=O)NCC=O.c1ccccc1. The van der Waals surface area contributed by atoms with Gasteiger partial charge in [0.1, 0.15) is 18.4 Å². The van der Waals surface area contributed by atoms with Crippen LogP contribution in [0.25, 0.3) is 47.0 Å². The molecule has 1 unspecified atom stereocenters. The number of thiophene rings is 2. The summed E-state index contributed by atoms with van der Waals surface area (Å²) >= 11 is 3.71. The maximum atomic E-state index is 10.1. The van der Waals surface area contributed by atoms with Gasteiger partial charge in [-0.2, -0.15) is 0 Å². The number of hydrogen-bond acceptors (Lipinski definition) is 13. The molecule has 1 atom stereocenters. The Labute approximate surface area is 397 Å². The van der Waals surface area contributed by atoms with E-state index in [9.17, 15) is 19.2 Å². The lowest BCUT2D eigenvalue weighted by molar-refractivity contribution is -0.107. The zero-order valence-electron chi connectivity index (χ0n) is 39.3. The van der Waals surface area contributed by atoms with Crippen LogP contribution < -0.4 is 16.0 Å². The molecule has 16 heteroatoms. The Bertz CT molecular complexity index is 2300. The third kappa shape index (κ3) is 18.4. The number of likely N-dealkylation sites (N-methyl/N-ethyl adjacent to an activating group) is 1. The van der Waals surface area contributed by atoms with Gasteiger partial charge in [0.2, 0.25) is 0 Å². The summed E-state index contributed by atoms with van der Waals surface area (Å²) in [5, 5.41) is 7.69. The number of fused-ring (bicyclic) bond motifs is 2. The van der Waals surface area contributed by atoms with Crippen molar-refractivity contribution in [3.05, 3.63) is 109 Å². The minimum Gasteiger partial charge on any atom is -0.453 e. The molecular weight excluding hydrogens is 873 g/mol. The molecule has 6 aromatic rings. The number of aromatic amines is 1. The van der Waals surface area contributed by atoms with Gasteiger partial charge in [-0.3, -0.25) is 9.89 Å². The molecule has 4 N–H and O–H groups in total. The third-order valence-corrected chi connectivity index (χ3v) is 12.0. The summed E-state index contributed by atoms with van der Waals surface area (Å²) in [5.41, 5.74) is 6.57. The number of carbonyl (C=O) groups is 4. The highest BCUT2D eigenvalue weighted by molar-refractivity contribution is 7.31. The van der Waals surface area contributed by atoms with E-state index in [0.29, 0.717) is 18.6 Å². The first-order valence-corrected chi connectivity index (χ1v) is 23.6. The second-order valence-corrected chi connectivity index (χ2v) is 17.1. The van der Waals surface area contributed by atoms with Crippen molar-refractivity contribution in [3.8, 4) is 20.9 Å². The molecular formula is C50H66N8O6S2. The highest BCUT2D eigenvalue weighted by Gasteiger charge is 2.25. The van der Waals surface area contributed by atoms with Crippen molar-refractivity contribution in [1.82, 2.24) is 35.7 Å². The first-order valence-electron chi connectivity index (χ1n) is 22.0. The monoisotopic (exact) mass is 938 g/mol. The summed E-state index contributed by atoms with van der Waals surface area (Å²) in [7, 11) is 6.82. The van der Waals surface area contributed by atoms with E-state index in [1.54, 1.807) is 0 Å². The number of imidazole rings is 1. The van der Waals surface area contributed by atoms with Crippen LogP contribution in [0.4, 0.5) is 9.59 Å². The quantitative estimate of drug-likeness (QED) is 0.0442. The van der Waals surface area contributed by atoms with Crippen LogP contribution in [0.5, 0.6) is 0 Å². The molecule has 354 valence electrons. The Balaban J connectivity index is 0.000000376. The van der Waals surface area contributed by atoms with Crippen LogP contribution in [-0.2, 0) is 19.1 Å². The van der Waals surface area contributed by atoms with Crippen LogP contribution in [-0.4, -0.2) is 119 Å². The predicted molar refractivity (Wildman–Crippen MR) is 273 cm³/mol. The molecule has 66 heavy (non-hydrogen) atoms. The second kappa shape index (κ2) is 30.8. The average molecular weight is 939 g/mol. The van der Waals surface area contributed by atoms with E-state index in [0.717, 1.165) is 54.3 Å². The molecule has 4 heterocycles. The van der Waals surface area contributed by atoms with Crippen molar-refractivity contribution in [2.75, 3.05) is 67.6 Å². The van der Waals surface area contributed by atoms with Crippen LogP contribution in [0.1, 0.15) is 63.9 Å². The maximum Gasteiger partial charge on any atom is 0.407 e. The summed E-state index contributed by atoms with van der Waals surface area (Å²) < 4.78 is 10.9. The predicted octanol–water partition coefficient (Wildman–Crippen LogP) is 10.1. The lowest BCUT2D eigenvalue weighted by Gasteiger charge is -2.16. The molecule has 1 aliphatic heterocycles. The highest BCUT2D eigenvalue weighted by atomic mass is 32.1. The summed E-state index contributed by atoms with van der Waals surface area (Å²) in [4.78, 5) is 59.3. The molecule has 3 aromatic carbocycles. The highest BCUT2D eigenvalue weighted by Crippen LogP contribution is 2.42. The first-order chi connectivity index (χ1) is 32.0. The van der Waals surface area contributed by atoms with Gasteiger partial charge in [0.25, 0.3) is 0 Å². The number of aldehydes is 2. The fourth-order valence-electron chi connectivity index (χ4n) is 6.44. The van der Waals surface area contributed by atoms with Gasteiger partial charge in [0, 0.05) is 44.0 Å². The van der Waals surface area contributed by atoms with E-state index in [4.69, 9.17) is 4.98 Å². The fourth-order valence-corrected chi connectivity index (χ4v) is 8.84. The second-order valence-electron chi connectivity index (χ2n) is 14.9. The standard InChI is InChI=1S/C33H38N6S2.C6H6.2C4H7NO3.C3H8/c1-5-15-38(3)17-14-35-21-27(34-2)22-8-10-23(11-9-22)29-19-31-32(40-29)20-30(41-31)24-12-13-25-26(18-24)37-33(36-25)28-7-6-16-39(28)4;1-2-4-6-5-3-1;2*1-8-4(7)5-2-3-6;1-3-2/h8-13,18-21,28,35H,2,5-7,14-17H2,1,3-4H3,(H,36,37);1-6H;2*3H,2H2,1H3,(H,5,7);3H2,1-2H3/b27-21-;;;;. The number of alkyl carbamates (subject to hydrolysis) is 2.